The van der Waals surface area contributed by atoms with Crippen LogP contribution in [0, 0.1) is 11.8 Å². The van der Waals surface area contributed by atoms with Gasteiger partial charge in [0.15, 0.2) is 11.6 Å². The summed E-state index contributed by atoms with van der Waals surface area (Å²) in [5.74, 6) is 3.89. The Morgan fingerprint density at radius 3 is 2.55 bits per heavy atom. The van der Waals surface area contributed by atoms with E-state index in [0.29, 0.717) is 5.82 Å². The number of aromatic nitrogens is 4. The minimum atomic E-state index is 0.223. The van der Waals surface area contributed by atoms with Crippen molar-refractivity contribution in [2.75, 3.05) is 0 Å². The first-order valence-electron chi connectivity index (χ1n) is 13.1. The molecule has 2 unspecified atom stereocenters. The molecule has 4 aromatic rings. The maximum atomic E-state index is 6.36. The number of benzene rings is 2. The molecule has 0 amide bonds. The van der Waals surface area contributed by atoms with E-state index in [4.69, 9.17) is 9.72 Å². The first-order chi connectivity index (χ1) is 18.8. The van der Waals surface area contributed by atoms with Crippen molar-refractivity contribution in [1.82, 2.24) is 19.5 Å². The molecule has 0 bridgehead atoms. The van der Waals surface area contributed by atoms with Gasteiger partial charge in [0.2, 0.25) is 0 Å². The lowest BCUT2D eigenvalue weighted by Gasteiger charge is -2.40. The second kappa shape index (κ2) is 8.38. The fraction of sp³-hybridized carbons (Fsp3) is 0.121. The van der Waals surface area contributed by atoms with Gasteiger partial charge in [-0.15, -0.1) is 0 Å². The van der Waals surface area contributed by atoms with Crippen molar-refractivity contribution in [1.29, 1.82) is 0 Å². The molecule has 2 aromatic heterocycles. The first kappa shape index (κ1) is 21.3. The van der Waals surface area contributed by atoms with Crippen molar-refractivity contribution >= 4 is 22.3 Å². The van der Waals surface area contributed by atoms with E-state index in [-0.39, 0.29) is 11.8 Å². The average Bonchev–Trinajstić information content (AvgIpc) is 3.38. The molecule has 2 atom stereocenters. The summed E-state index contributed by atoms with van der Waals surface area (Å²) >= 11 is 0. The summed E-state index contributed by atoms with van der Waals surface area (Å²) in [5.41, 5.74) is 8.52. The second-order valence-corrected chi connectivity index (χ2v) is 9.98. The molecule has 3 aliphatic carbocycles. The van der Waals surface area contributed by atoms with Gasteiger partial charge in [0.1, 0.15) is 11.5 Å². The fourth-order valence-corrected chi connectivity index (χ4v) is 6.22. The van der Waals surface area contributed by atoms with E-state index in [1.54, 1.807) is 12.4 Å². The van der Waals surface area contributed by atoms with E-state index in [0.717, 1.165) is 41.2 Å². The summed E-state index contributed by atoms with van der Waals surface area (Å²) in [6.07, 6.45) is 21.2. The lowest BCUT2D eigenvalue weighted by molar-refractivity contribution is 0.336. The van der Waals surface area contributed by atoms with E-state index in [1.807, 2.05) is 24.3 Å². The molecule has 0 radical (unpaired) electrons. The molecule has 8 rings (SSSR count). The van der Waals surface area contributed by atoms with Crippen LogP contribution in [0.25, 0.3) is 34.0 Å². The molecule has 1 aliphatic heterocycles. The lowest BCUT2D eigenvalue weighted by Crippen LogP contribution is -2.29. The quantitative estimate of drug-likeness (QED) is 0.305. The van der Waals surface area contributed by atoms with Crippen molar-refractivity contribution in [2.45, 2.75) is 12.8 Å². The van der Waals surface area contributed by atoms with Crippen molar-refractivity contribution in [3.63, 3.8) is 0 Å². The Kier molecular flexibility index (Phi) is 4.71. The third kappa shape index (κ3) is 3.21. The number of fused-ring (bicyclic) bond motifs is 3. The minimum Gasteiger partial charge on any atom is -0.460 e. The monoisotopic (exact) mass is 492 g/mol. The number of ether oxygens (including phenoxy) is 1. The van der Waals surface area contributed by atoms with Crippen LogP contribution >= 0.6 is 0 Å². The normalized spacial score (nSPS) is 21.3. The molecule has 4 aliphatic rings. The Hall–Kier alpha value is -4.77. The van der Waals surface area contributed by atoms with Gasteiger partial charge < -0.3 is 4.74 Å². The molecular weight excluding hydrogens is 468 g/mol. The molecule has 0 saturated heterocycles. The van der Waals surface area contributed by atoms with Crippen LogP contribution in [0.1, 0.15) is 18.4 Å². The van der Waals surface area contributed by atoms with E-state index >= 15 is 0 Å². The van der Waals surface area contributed by atoms with E-state index in [2.05, 4.69) is 87.4 Å². The van der Waals surface area contributed by atoms with Crippen molar-refractivity contribution in [3.8, 4) is 17.4 Å². The van der Waals surface area contributed by atoms with Gasteiger partial charge in [-0.05, 0) is 66.0 Å². The highest BCUT2D eigenvalue weighted by Crippen LogP contribution is 2.51. The number of hydrogen-bond donors (Lipinski definition) is 0. The molecule has 5 nitrogen and oxygen atoms in total. The van der Waals surface area contributed by atoms with Crippen molar-refractivity contribution < 1.29 is 4.74 Å². The Labute approximate surface area is 220 Å². The van der Waals surface area contributed by atoms with Crippen LogP contribution in [0.15, 0.2) is 126 Å². The third-order valence-corrected chi connectivity index (χ3v) is 7.92. The largest absolute Gasteiger partial charge is 0.460 e. The molecule has 0 N–H and O–H groups in total. The predicted octanol–water partition coefficient (Wildman–Crippen LogP) is 7.16. The van der Waals surface area contributed by atoms with E-state index in [1.165, 1.54) is 28.0 Å². The van der Waals surface area contributed by atoms with Crippen LogP contribution in [0.3, 0.4) is 0 Å². The zero-order valence-corrected chi connectivity index (χ0v) is 20.7. The molecule has 38 heavy (non-hydrogen) atoms. The average molecular weight is 493 g/mol. The molecule has 5 heteroatoms. The zero-order valence-electron chi connectivity index (χ0n) is 20.7. The highest BCUT2D eigenvalue weighted by Gasteiger charge is 2.39. The summed E-state index contributed by atoms with van der Waals surface area (Å²) in [4.78, 5) is 13.9. The Bertz CT molecular complexity index is 1800. The van der Waals surface area contributed by atoms with Crippen LogP contribution in [0.4, 0.5) is 0 Å². The summed E-state index contributed by atoms with van der Waals surface area (Å²) in [6.45, 7) is 0. The van der Waals surface area contributed by atoms with Crippen LogP contribution in [0.5, 0.6) is 5.75 Å². The lowest BCUT2D eigenvalue weighted by atomic mass is 9.69. The summed E-state index contributed by atoms with van der Waals surface area (Å²) in [7, 11) is 0. The van der Waals surface area contributed by atoms with Gasteiger partial charge in [-0.25, -0.2) is 15.0 Å². The summed E-state index contributed by atoms with van der Waals surface area (Å²) in [5, 5.41) is 0. The SMILES string of the molecule is C1=CC2C(C3=CC=C(n4c(-c5ncccn5)nc5ccccc54)CC3)=CC=C3Oc4ccccc4C(=C1)C32. The predicted molar refractivity (Wildman–Crippen MR) is 150 cm³/mol. The van der Waals surface area contributed by atoms with Gasteiger partial charge >= 0.3 is 0 Å². The maximum absolute atomic E-state index is 6.36. The van der Waals surface area contributed by atoms with Gasteiger partial charge in [0.25, 0.3) is 0 Å². The van der Waals surface area contributed by atoms with E-state index < -0.39 is 0 Å². The minimum absolute atomic E-state index is 0.223. The molecule has 0 spiro atoms. The van der Waals surface area contributed by atoms with Crippen LogP contribution < -0.4 is 4.74 Å². The number of imidazole rings is 1. The zero-order chi connectivity index (χ0) is 25.1. The number of para-hydroxylation sites is 3. The maximum Gasteiger partial charge on any atom is 0.196 e. The van der Waals surface area contributed by atoms with Gasteiger partial charge in [0.05, 0.1) is 17.0 Å². The van der Waals surface area contributed by atoms with Crippen LogP contribution in [-0.2, 0) is 0 Å². The van der Waals surface area contributed by atoms with Gasteiger partial charge in [0, 0.05) is 29.6 Å². The van der Waals surface area contributed by atoms with E-state index in [9.17, 15) is 0 Å². The number of hydrogen-bond acceptors (Lipinski definition) is 4. The van der Waals surface area contributed by atoms with Gasteiger partial charge in [-0.1, -0.05) is 60.7 Å². The van der Waals surface area contributed by atoms with Gasteiger partial charge in [-0.3, -0.25) is 4.57 Å². The highest BCUT2D eigenvalue weighted by molar-refractivity contribution is 5.85. The molecular formula is C33H24N4O. The van der Waals surface area contributed by atoms with Crippen LogP contribution in [-0.4, -0.2) is 19.5 Å². The topological polar surface area (TPSA) is 52.8 Å². The molecule has 0 fully saturated rings. The van der Waals surface area contributed by atoms with Crippen molar-refractivity contribution in [2.24, 2.45) is 11.8 Å². The molecule has 2 aromatic carbocycles. The Balaban J connectivity index is 1.19. The smallest absolute Gasteiger partial charge is 0.196 e. The second-order valence-electron chi connectivity index (χ2n) is 9.98. The highest BCUT2D eigenvalue weighted by atomic mass is 16.5. The number of nitrogens with zero attached hydrogens (tertiary/aromatic N) is 4. The Morgan fingerprint density at radius 1 is 0.789 bits per heavy atom. The summed E-state index contributed by atoms with van der Waals surface area (Å²) in [6, 6.07) is 18.4. The Morgan fingerprint density at radius 2 is 1.66 bits per heavy atom. The number of allylic oxidation sites excluding steroid dienone is 11. The fourth-order valence-electron chi connectivity index (χ4n) is 6.22. The molecule has 0 saturated carbocycles. The number of rotatable bonds is 3. The third-order valence-electron chi connectivity index (χ3n) is 7.92. The summed E-state index contributed by atoms with van der Waals surface area (Å²) < 4.78 is 8.58. The van der Waals surface area contributed by atoms with Gasteiger partial charge in [-0.2, -0.15) is 0 Å². The van der Waals surface area contributed by atoms with Crippen molar-refractivity contribution in [3.05, 3.63) is 132 Å². The molecule has 3 heterocycles. The standard InChI is InChI=1S/C33H24N4O/c1-4-12-29-24(7-1)26-9-5-8-25-23(17-18-30(38-29)31(25)26)21-13-15-22(16-14-21)37-28-11-3-2-10-27(28)36-33(37)32-34-19-6-20-35-32/h1-13,15,17-20,25,31H,14,16H2. The molecule has 182 valence electrons. The first-order valence-corrected chi connectivity index (χ1v) is 13.1. The van der Waals surface area contributed by atoms with Crippen LogP contribution in [0.2, 0.25) is 0 Å².